The van der Waals surface area contributed by atoms with E-state index in [9.17, 15) is 20.4 Å². The third-order valence-corrected chi connectivity index (χ3v) is 6.50. The molecule has 0 amide bonds. The number of nitrogens with zero attached hydrogens (tertiary/aromatic N) is 8. The Hall–Kier alpha value is -0.359. The molecule has 16 heteroatoms. The molecular formula is C32H56Ag2Br2N8O4-4. The van der Waals surface area contributed by atoms with Gasteiger partial charge in [0.2, 0.25) is 0 Å². The Morgan fingerprint density at radius 1 is 0.354 bits per heavy atom. The van der Waals surface area contributed by atoms with Crippen LogP contribution < -0.4 is 34.0 Å². The van der Waals surface area contributed by atoms with Crippen LogP contribution in [0, 0.1) is 26.7 Å². The molecule has 0 radical (unpaired) electrons. The van der Waals surface area contributed by atoms with Crippen LogP contribution in [-0.4, -0.2) is 134 Å². The Kier molecular flexibility index (Phi) is 22.0. The van der Waals surface area contributed by atoms with Crippen molar-refractivity contribution in [2.75, 3.05) is 52.4 Å². The molecule has 0 aromatic heterocycles. The van der Waals surface area contributed by atoms with Crippen molar-refractivity contribution in [3.05, 3.63) is 76.3 Å². The zero-order chi connectivity index (χ0) is 32.8. The Balaban J connectivity index is 0. The smallest absolute Gasteiger partial charge is 1.00 e. The van der Waals surface area contributed by atoms with Gasteiger partial charge in [-0.15, -0.1) is 0 Å². The Morgan fingerprint density at radius 3 is 0.646 bits per heavy atom. The minimum atomic E-state index is -0.708. The van der Waals surface area contributed by atoms with Gasteiger partial charge in [-0.2, -0.15) is 26.7 Å². The van der Waals surface area contributed by atoms with Gasteiger partial charge in [0.15, 0.2) is 0 Å². The van der Waals surface area contributed by atoms with E-state index in [1.165, 1.54) is 0 Å². The number of β-amino-alcohol motifs (C(OH)–C–C–N with tert-alkyl or cyclic N) is 4. The maximum Gasteiger partial charge on any atom is 1.00 e. The fourth-order valence-corrected chi connectivity index (χ4v) is 4.91. The van der Waals surface area contributed by atoms with Crippen LogP contribution in [0.3, 0.4) is 0 Å². The first-order valence-corrected chi connectivity index (χ1v) is 15.3. The maximum atomic E-state index is 9.83. The molecule has 0 aromatic carbocycles. The first-order valence-electron chi connectivity index (χ1n) is 15.3. The molecule has 0 unspecified atom stereocenters. The van der Waals surface area contributed by atoms with Gasteiger partial charge in [0.05, 0.1) is 22.4 Å². The number of rotatable bonds is 14. The number of hydrogen-bond acceptors (Lipinski definition) is 12. The summed E-state index contributed by atoms with van der Waals surface area (Å²) in [4.78, 5) is 16.4. The Morgan fingerprint density at radius 2 is 0.500 bits per heavy atom. The summed E-state index contributed by atoms with van der Waals surface area (Å²) in [6, 6.07) is 0. The van der Waals surface area contributed by atoms with Gasteiger partial charge >= 0.3 is 44.8 Å². The number of halogens is 2. The van der Waals surface area contributed by atoms with Crippen LogP contribution in [0.25, 0.3) is 0 Å². The molecule has 4 aliphatic rings. The molecule has 12 nitrogen and oxygen atoms in total. The van der Waals surface area contributed by atoms with E-state index in [0.717, 1.165) is 26.2 Å². The van der Waals surface area contributed by atoms with Crippen molar-refractivity contribution in [2.45, 2.75) is 77.8 Å². The molecule has 0 spiro atoms. The van der Waals surface area contributed by atoms with E-state index in [4.69, 9.17) is 0 Å². The molecule has 288 valence electrons. The molecule has 0 aliphatic carbocycles. The average molecular weight is 992 g/mol. The fourth-order valence-electron chi connectivity index (χ4n) is 4.91. The van der Waals surface area contributed by atoms with Crippen molar-refractivity contribution in [3.63, 3.8) is 0 Å². The first-order chi connectivity index (χ1) is 20.2. The summed E-state index contributed by atoms with van der Waals surface area (Å²) in [5.41, 5.74) is -2.83. The minimum Gasteiger partial charge on any atom is -1.00 e. The largest absolute Gasteiger partial charge is 1.00 e. The van der Waals surface area contributed by atoms with Gasteiger partial charge in [-0.25, -0.2) is 0 Å². The Labute approximate surface area is 342 Å². The van der Waals surface area contributed by atoms with Crippen LogP contribution in [0.5, 0.6) is 0 Å². The van der Waals surface area contributed by atoms with Gasteiger partial charge in [0.1, 0.15) is 0 Å². The van der Waals surface area contributed by atoms with E-state index in [-0.39, 0.29) is 78.7 Å². The van der Waals surface area contributed by atoms with Crippen LogP contribution in [0.1, 0.15) is 55.4 Å². The first kappa shape index (κ1) is 49.8. The van der Waals surface area contributed by atoms with Gasteiger partial charge in [-0.05, 0) is 105 Å². The summed E-state index contributed by atoms with van der Waals surface area (Å²) in [7, 11) is 0. The summed E-state index contributed by atoms with van der Waals surface area (Å²) in [5, 5.41) is 39.3. The summed E-state index contributed by atoms with van der Waals surface area (Å²) in [6.45, 7) is 28.2. The van der Waals surface area contributed by atoms with E-state index in [0.29, 0.717) is 26.2 Å². The average Bonchev–Trinajstić information content (AvgIpc) is 3.62. The molecule has 0 fully saturated rings. The quantitative estimate of drug-likeness (QED) is 0.101. The number of hydrogen-bond donors (Lipinski definition) is 4. The van der Waals surface area contributed by atoms with Crippen LogP contribution >= 0.6 is 0 Å². The van der Waals surface area contributed by atoms with E-state index in [1.54, 1.807) is 55.4 Å². The fraction of sp³-hybridized carbons (Fsp3) is 0.625. The predicted molar refractivity (Wildman–Crippen MR) is 173 cm³/mol. The summed E-state index contributed by atoms with van der Waals surface area (Å²) >= 11 is 0. The summed E-state index contributed by atoms with van der Waals surface area (Å²) in [5.74, 6) is 0. The third kappa shape index (κ3) is 21.1. The van der Waals surface area contributed by atoms with Crippen molar-refractivity contribution in [3.8, 4) is 0 Å². The van der Waals surface area contributed by atoms with Crippen LogP contribution in [0.4, 0.5) is 0 Å². The van der Waals surface area contributed by atoms with Crippen molar-refractivity contribution < 1.29 is 99.1 Å². The zero-order valence-corrected chi connectivity index (χ0v) is 35.4. The number of aliphatic hydroxyl groups is 4. The maximum absolute atomic E-state index is 9.83. The molecular weight excluding hydrogens is 936 g/mol. The minimum absolute atomic E-state index is 0. The van der Waals surface area contributed by atoms with Gasteiger partial charge in [-0.1, -0.05) is 0 Å². The molecule has 0 saturated heterocycles. The molecule has 4 heterocycles. The molecule has 48 heavy (non-hydrogen) atoms. The van der Waals surface area contributed by atoms with E-state index < -0.39 is 22.4 Å². The van der Waals surface area contributed by atoms with Crippen LogP contribution in [0.2, 0.25) is 0 Å². The molecule has 4 aliphatic heterocycles. The van der Waals surface area contributed by atoms with Gasteiger partial charge in [0, 0.05) is 52.4 Å². The SMILES string of the molecule is CC(C)(O)CN1C=CN(CCN2C=CN(CC(C)(C)O)[CH-]2)[CH-]1.CC(C)(O)CN1C=CN(CCN2C=CN(CC(C)(C)O)[CH-]2)[CH-]1.[Ag+].[Ag+].[Br-].[Br-]. The molecule has 0 bridgehead atoms. The second-order valence-corrected chi connectivity index (χ2v) is 14.5. The summed E-state index contributed by atoms with van der Waals surface area (Å²) < 4.78 is 0. The topological polar surface area (TPSA) is 107 Å². The normalized spacial score (nSPS) is 17.4. The standard InChI is InChI=1S/2C16H28N4O2.2Ag.2BrH/c2*1-15(2,21)11-19-9-7-17(13-19)5-6-18-8-10-20(14-18)12-16(3,4)22;;;;/h2*7-10,13-14,21-22H,5-6,11-12H2,1-4H3;;;2*1H/q2*-2;2*+1;;/p-2. The van der Waals surface area contributed by atoms with Gasteiger partial charge in [0.25, 0.3) is 0 Å². The van der Waals surface area contributed by atoms with Crippen molar-refractivity contribution >= 4 is 0 Å². The molecule has 4 rings (SSSR count). The molecule has 0 saturated carbocycles. The van der Waals surface area contributed by atoms with E-state index in [2.05, 4.69) is 19.6 Å². The van der Waals surface area contributed by atoms with Crippen LogP contribution in [0.15, 0.2) is 49.6 Å². The van der Waals surface area contributed by atoms with E-state index in [1.807, 2.05) is 95.9 Å². The van der Waals surface area contributed by atoms with Crippen LogP contribution in [-0.2, 0) is 44.8 Å². The zero-order valence-electron chi connectivity index (χ0n) is 29.3. The van der Waals surface area contributed by atoms with Crippen molar-refractivity contribution in [2.24, 2.45) is 0 Å². The van der Waals surface area contributed by atoms with E-state index >= 15 is 0 Å². The predicted octanol–water partition coefficient (Wildman–Crippen LogP) is -4.11. The van der Waals surface area contributed by atoms with Crippen molar-refractivity contribution in [1.29, 1.82) is 0 Å². The summed E-state index contributed by atoms with van der Waals surface area (Å²) in [6.07, 6.45) is 16.0. The second kappa shape index (κ2) is 21.2. The third-order valence-electron chi connectivity index (χ3n) is 6.50. The monoisotopic (exact) mass is 988 g/mol. The molecule has 0 aromatic rings. The van der Waals surface area contributed by atoms with Crippen molar-refractivity contribution in [1.82, 2.24) is 39.2 Å². The Bertz CT molecular complexity index is 870. The van der Waals surface area contributed by atoms with Gasteiger partial charge in [-0.3, -0.25) is 0 Å². The molecule has 0 atom stereocenters. The van der Waals surface area contributed by atoms with Gasteiger partial charge < -0.3 is 93.6 Å². The molecule has 4 N–H and O–H groups in total. The second-order valence-electron chi connectivity index (χ2n) is 14.5.